The van der Waals surface area contributed by atoms with Gasteiger partial charge >= 0.3 is 0 Å². The quantitative estimate of drug-likeness (QED) is 0.223. The smallest absolute Gasteiger partial charge is 0.191 e. The van der Waals surface area contributed by atoms with Crippen molar-refractivity contribution in [2.45, 2.75) is 39.5 Å². The molecule has 0 aliphatic carbocycles. The molecule has 2 rings (SSSR count). The van der Waals surface area contributed by atoms with Crippen molar-refractivity contribution in [3.63, 3.8) is 0 Å². The van der Waals surface area contributed by atoms with Crippen molar-refractivity contribution in [1.29, 1.82) is 0 Å². The Morgan fingerprint density at radius 3 is 2.32 bits per heavy atom. The van der Waals surface area contributed by atoms with Crippen molar-refractivity contribution >= 4 is 29.9 Å². The van der Waals surface area contributed by atoms with E-state index in [9.17, 15) is 0 Å². The Morgan fingerprint density at radius 2 is 1.68 bits per heavy atom. The van der Waals surface area contributed by atoms with Gasteiger partial charge in [-0.15, -0.1) is 24.0 Å². The lowest BCUT2D eigenvalue weighted by molar-refractivity contribution is 0.136. The Labute approximate surface area is 189 Å². The van der Waals surface area contributed by atoms with Gasteiger partial charge in [0.25, 0.3) is 0 Å². The zero-order valence-electron chi connectivity index (χ0n) is 18.0. The lowest BCUT2D eigenvalue weighted by Crippen LogP contribution is -2.46. The molecule has 1 saturated heterocycles. The molecule has 1 aromatic rings. The maximum absolute atomic E-state index is 4.77. The summed E-state index contributed by atoms with van der Waals surface area (Å²) in [6, 6.07) is 10.6. The van der Waals surface area contributed by atoms with Gasteiger partial charge in [-0.1, -0.05) is 44.2 Å². The zero-order valence-corrected chi connectivity index (χ0v) is 20.3. The number of nitrogens with one attached hydrogen (secondary N) is 2. The fourth-order valence-corrected chi connectivity index (χ4v) is 3.45. The van der Waals surface area contributed by atoms with Crippen LogP contribution in [0, 0.1) is 0 Å². The Morgan fingerprint density at radius 1 is 1.00 bits per heavy atom. The van der Waals surface area contributed by atoms with Gasteiger partial charge in [0.1, 0.15) is 0 Å². The third-order valence-corrected chi connectivity index (χ3v) is 5.34. The van der Waals surface area contributed by atoms with Gasteiger partial charge in [-0.25, -0.2) is 0 Å². The molecular weight excluding hydrogens is 461 g/mol. The van der Waals surface area contributed by atoms with E-state index in [1.165, 1.54) is 57.7 Å². The van der Waals surface area contributed by atoms with Gasteiger partial charge in [0.2, 0.25) is 0 Å². The molecule has 0 radical (unpaired) electrons. The maximum atomic E-state index is 4.77. The minimum absolute atomic E-state index is 0. The summed E-state index contributed by atoms with van der Waals surface area (Å²) in [7, 11) is 0. The van der Waals surface area contributed by atoms with Crippen LogP contribution in [0.2, 0.25) is 0 Å². The van der Waals surface area contributed by atoms with Crippen LogP contribution in [0.25, 0.3) is 0 Å². The topological polar surface area (TPSA) is 42.9 Å². The van der Waals surface area contributed by atoms with E-state index in [0.717, 1.165) is 25.6 Å². The number of likely N-dealkylation sites (N-methyl/N-ethyl adjacent to an activating group) is 1. The molecule has 1 fully saturated rings. The van der Waals surface area contributed by atoms with Crippen molar-refractivity contribution in [1.82, 2.24) is 20.4 Å². The van der Waals surface area contributed by atoms with Crippen LogP contribution in [0.5, 0.6) is 0 Å². The zero-order chi connectivity index (χ0) is 19.3. The summed E-state index contributed by atoms with van der Waals surface area (Å²) in [6.07, 6.45) is 2.44. The summed E-state index contributed by atoms with van der Waals surface area (Å²) in [6.45, 7) is 16.6. The lowest BCUT2D eigenvalue weighted by atomic mass is 10.0. The SMILES string of the molecule is CCNC(=NCC(C)c1ccccc1)NCCCCN1CCN(CC)CC1.I. The number of rotatable bonds is 10. The summed E-state index contributed by atoms with van der Waals surface area (Å²) in [5.41, 5.74) is 1.35. The minimum atomic E-state index is 0. The van der Waals surface area contributed by atoms with Crippen molar-refractivity contribution in [3.8, 4) is 0 Å². The van der Waals surface area contributed by atoms with E-state index in [0.29, 0.717) is 5.92 Å². The second kappa shape index (κ2) is 15.0. The molecule has 0 amide bonds. The molecule has 0 spiro atoms. The van der Waals surface area contributed by atoms with E-state index < -0.39 is 0 Å². The standard InChI is InChI=1S/C22H39N5.HI/c1-4-23-22(25-19-20(3)21-11-7-6-8-12-21)24-13-9-10-14-27-17-15-26(5-2)16-18-27;/h6-8,11-12,20H,4-5,9-10,13-19H2,1-3H3,(H2,23,24,25);1H. The lowest BCUT2D eigenvalue weighted by Gasteiger charge is -2.34. The van der Waals surface area contributed by atoms with Crippen molar-refractivity contribution in [2.24, 2.45) is 4.99 Å². The minimum Gasteiger partial charge on any atom is -0.357 e. The molecule has 1 aromatic carbocycles. The number of halogens is 1. The van der Waals surface area contributed by atoms with Gasteiger partial charge in [0.15, 0.2) is 5.96 Å². The third-order valence-electron chi connectivity index (χ3n) is 5.34. The highest BCUT2D eigenvalue weighted by Crippen LogP contribution is 2.14. The summed E-state index contributed by atoms with van der Waals surface area (Å²) in [4.78, 5) is 9.91. The molecule has 0 bridgehead atoms. The Balaban J connectivity index is 0.00000392. The van der Waals surface area contributed by atoms with Crippen molar-refractivity contribution in [3.05, 3.63) is 35.9 Å². The van der Waals surface area contributed by atoms with E-state index in [-0.39, 0.29) is 24.0 Å². The van der Waals surface area contributed by atoms with Crippen molar-refractivity contribution in [2.75, 3.05) is 58.9 Å². The molecule has 0 saturated carbocycles. The normalized spacial score (nSPS) is 17.0. The molecule has 1 aliphatic rings. The number of benzene rings is 1. The van der Waals surface area contributed by atoms with Crippen LogP contribution in [-0.4, -0.2) is 74.7 Å². The molecular formula is C22H40IN5. The average Bonchev–Trinajstić information content (AvgIpc) is 2.72. The van der Waals surface area contributed by atoms with Crippen LogP contribution in [0.15, 0.2) is 35.3 Å². The molecule has 5 nitrogen and oxygen atoms in total. The second-order valence-electron chi connectivity index (χ2n) is 7.44. The number of unbranched alkanes of at least 4 members (excludes halogenated alkanes) is 1. The third kappa shape index (κ3) is 9.56. The number of guanidine groups is 1. The molecule has 1 heterocycles. The van der Waals surface area contributed by atoms with Gasteiger partial charge in [-0.3, -0.25) is 4.99 Å². The van der Waals surface area contributed by atoms with Gasteiger partial charge < -0.3 is 20.4 Å². The number of nitrogens with zero attached hydrogens (tertiary/aromatic N) is 3. The summed E-state index contributed by atoms with van der Waals surface area (Å²) >= 11 is 0. The molecule has 0 aromatic heterocycles. The Kier molecular flexibility index (Phi) is 13.5. The summed E-state index contributed by atoms with van der Waals surface area (Å²) < 4.78 is 0. The number of aliphatic imine (C=N–C) groups is 1. The molecule has 160 valence electrons. The number of piperazine rings is 1. The first-order valence-corrected chi connectivity index (χ1v) is 10.7. The Hall–Kier alpha value is -0.860. The monoisotopic (exact) mass is 501 g/mol. The van der Waals surface area contributed by atoms with Crippen LogP contribution in [0.3, 0.4) is 0 Å². The van der Waals surface area contributed by atoms with Crippen LogP contribution >= 0.6 is 24.0 Å². The van der Waals surface area contributed by atoms with E-state index in [1.54, 1.807) is 0 Å². The van der Waals surface area contributed by atoms with Gasteiger partial charge in [0, 0.05) is 51.7 Å². The van der Waals surface area contributed by atoms with Crippen LogP contribution in [0.1, 0.15) is 45.1 Å². The fourth-order valence-electron chi connectivity index (χ4n) is 3.45. The molecule has 1 unspecified atom stereocenters. The van der Waals surface area contributed by atoms with Gasteiger partial charge in [-0.2, -0.15) is 0 Å². The van der Waals surface area contributed by atoms with Crippen LogP contribution in [0.4, 0.5) is 0 Å². The van der Waals surface area contributed by atoms with Gasteiger partial charge in [0.05, 0.1) is 0 Å². The van der Waals surface area contributed by atoms with Gasteiger partial charge in [-0.05, 0) is 38.4 Å². The summed E-state index contributed by atoms with van der Waals surface area (Å²) in [5.74, 6) is 1.38. The Bertz CT molecular complexity index is 529. The number of hydrogen-bond donors (Lipinski definition) is 2. The second-order valence-corrected chi connectivity index (χ2v) is 7.44. The first kappa shape index (κ1) is 25.2. The number of hydrogen-bond acceptors (Lipinski definition) is 3. The fraction of sp³-hybridized carbons (Fsp3) is 0.682. The molecule has 1 atom stereocenters. The largest absolute Gasteiger partial charge is 0.357 e. The van der Waals surface area contributed by atoms with Crippen LogP contribution < -0.4 is 10.6 Å². The van der Waals surface area contributed by atoms with E-state index in [2.05, 4.69) is 71.5 Å². The van der Waals surface area contributed by atoms with Crippen LogP contribution in [-0.2, 0) is 0 Å². The first-order chi connectivity index (χ1) is 13.2. The molecule has 28 heavy (non-hydrogen) atoms. The summed E-state index contributed by atoms with van der Waals surface area (Å²) in [5, 5.41) is 6.86. The maximum Gasteiger partial charge on any atom is 0.191 e. The predicted octanol–water partition coefficient (Wildman–Crippen LogP) is 3.38. The molecule has 1 aliphatic heterocycles. The van der Waals surface area contributed by atoms with E-state index in [1.807, 2.05) is 0 Å². The molecule has 6 heteroatoms. The van der Waals surface area contributed by atoms with E-state index in [4.69, 9.17) is 4.99 Å². The predicted molar refractivity (Wildman–Crippen MR) is 132 cm³/mol. The molecule has 2 N–H and O–H groups in total. The average molecular weight is 502 g/mol. The van der Waals surface area contributed by atoms with Crippen molar-refractivity contribution < 1.29 is 0 Å². The highest BCUT2D eigenvalue weighted by Gasteiger charge is 2.14. The highest BCUT2D eigenvalue weighted by molar-refractivity contribution is 14.0. The van der Waals surface area contributed by atoms with E-state index >= 15 is 0 Å². The highest BCUT2D eigenvalue weighted by atomic mass is 127. The first-order valence-electron chi connectivity index (χ1n) is 10.7.